The minimum atomic E-state index is -1.32. The molecular formula is C33H52O4. The number of unbranched alkanes of at least 4 members (excludes halogenated alkanes) is 11. The number of rotatable bonds is 17. The summed E-state index contributed by atoms with van der Waals surface area (Å²) in [6.45, 7) is 8.35. The molecule has 1 N–H and O–H groups in total. The summed E-state index contributed by atoms with van der Waals surface area (Å²) >= 11 is 0. The number of carbonyl (C=O) groups excluding carboxylic acids is 2. The van der Waals surface area contributed by atoms with Gasteiger partial charge in [0.2, 0.25) is 0 Å². The molecule has 3 aliphatic rings. The zero-order valence-electron chi connectivity index (χ0n) is 24.1. The van der Waals surface area contributed by atoms with Gasteiger partial charge in [0.15, 0.2) is 5.78 Å². The van der Waals surface area contributed by atoms with Gasteiger partial charge in [0.05, 0.1) is 0 Å². The molecule has 1 fully saturated rings. The van der Waals surface area contributed by atoms with Crippen molar-refractivity contribution in [3.8, 4) is 0 Å². The molecule has 1 saturated carbocycles. The molecule has 0 radical (unpaired) electrons. The van der Waals surface area contributed by atoms with E-state index in [2.05, 4.69) is 32.9 Å². The highest BCUT2D eigenvalue weighted by Gasteiger charge is 2.65. The molecule has 0 aromatic rings. The molecule has 0 aromatic heterocycles. The van der Waals surface area contributed by atoms with E-state index in [0.717, 1.165) is 36.8 Å². The van der Waals surface area contributed by atoms with Crippen molar-refractivity contribution in [2.75, 3.05) is 6.61 Å². The Balaban J connectivity index is 1.25. The fourth-order valence-corrected chi connectivity index (χ4v) is 6.39. The average molecular weight is 513 g/mol. The lowest BCUT2D eigenvalue weighted by Gasteiger charge is -2.38. The van der Waals surface area contributed by atoms with Crippen LogP contribution in [0.25, 0.3) is 0 Å². The van der Waals surface area contributed by atoms with Gasteiger partial charge in [0.1, 0.15) is 12.2 Å². The Kier molecular flexibility index (Phi) is 10.8. The van der Waals surface area contributed by atoms with E-state index in [1.165, 1.54) is 70.6 Å². The van der Waals surface area contributed by atoms with Crippen molar-refractivity contribution in [3.05, 3.63) is 34.9 Å². The van der Waals surface area contributed by atoms with Gasteiger partial charge >= 0.3 is 5.97 Å². The fraction of sp³-hybridized carbons (Fsp3) is 0.758. The van der Waals surface area contributed by atoms with Gasteiger partial charge in [-0.05, 0) is 70.8 Å². The Labute approximate surface area is 226 Å². The third-order valence-electron chi connectivity index (χ3n) is 9.14. The van der Waals surface area contributed by atoms with Crippen molar-refractivity contribution in [2.24, 2.45) is 10.8 Å². The summed E-state index contributed by atoms with van der Waals surface area (Å²) < 4.78 is 5.66. The van der Waals surface area contributed by atoms with Crippen molar-refractivity contribution in [2.45, 2.75) is 142 Å². The van der Waals surface area contributed by atoms with Crippen molar-refractivity contribution in [3.63, 3.8) is 0 Å². The zero-order chi connectivity index (χ0) is 26.9. The third kappa shape index (κ3) is 7.46. The molecule has 4 nitrogen and oxygen atoms in total. The summed E-state index contributed by atoms with van der Waals surface area (Å²) in [5.74, 6) is -0.302. The lowest BCUT2D eigenvalue weighted by atomic mass is 9.68. The van der Waals surface area contributed by atoms with Gasteiger partial charge in [-0.2, -0.15) is 0 Å². The van der Waals surface area contributed by atoms with E-state index in [0.29, 0.717) is 25.0 Å². The molecule has 0 saturated heterocycles. The molecular weight excluding hydrogens is 460 g/mol. The third-order valence-corrected chi connectivity index (χ3v) is 9.14. The maximum Gasteiger partial charge on any atom is 0.305 e. The van der Waals surface area contributed by atoms with Crippen LogP contribution in [-0.2, 0) is 14.3 Å². The Bertz CT molecular complexity index is 886. The molecule has 2 atom stereocenters. The minimum absolute atomic E-state index is 0.144. The maximum absolute atomic E-state index is 13.1. The van der Waals surface area contributed by atoms with Crippen LogP contribution in [0, 0.1) is 10.8 Å². The van der Waals surface area contributed by atoms with Gasteiger partial charge in [0, 0.05) is 22.8 Å². The summed E-state index contributed by atoms with van der Waals surface area (Å²) in [6.07, 6.45) is 25.7. The Morgan fingerprint density at radius 2 is 1.51 bits per heavy atom. The first-order valence-electron chi connectivity index (χ1n) is 15.2. The SMILES string of the molecule is CCCCCCCC/C=C/CCCCCCCC(=O)OC[C@]1(C)C=C2C(=O)[C@](C)(O)C3(CC3)C(C)=C2C1. The normalized spacial score (nSPS) is 26.2. The number of ketones is 1. The van der Waals surface area contributed by atoms with Crippen LogP contribution < -0.4 is 0 Å². The van der Waals surface area contributed by atoms with Crippen LogP contribution >= 0.6 is 0 Å². The van der Waals surface area contributed by atoms with Crippen LogP contribution in [0.4, 0.5) is 0 Å². The van der Waals surface area contributed by atoms with E-state index in [1.54, 1.807) is 6.92 Å². The van der Waals surface area contributed by atoms with Crippen LogP contribution in [0.1, 0.15) is 137 Å². The largest absolute Gasteiger partial charge is 0.465 e. The summed E-state index contributed by atoms with van der Waals surface area (Å²) in [4.78, 5) is 25.4. The van der Waals surface area contributed by atoms with Crippen molar-refractivity contribution in [1.29, 1.82) is 0 Å². The summed E-state index contributed by atoms with van der Waals surface area (Å²) in [5, 5.41) is 11.0. The first kappa shape index (κ1) is 29.9. The van der Waals surface area contributed by atoms with E-state index in [-0.39, 0.29) is 22.6 Å². The van der Waals surface area contributed by atoms with Crippen molar-refractivity contribution < 1.29 is 19.4 Å². The second-order valence-electron chi connectivity index (χ2n) is 12.5. The number of aliphatic hydroxyl groups is 1. The molecule has 4 heteroatoms. The van der Waals surface area contributed by atoms with Crippen molar-refractivity contribution in [1.82, 2.24) is 0 Å². The van der Waals surface area contributed by atoms with E-state index < -0.39 is 5.60 Å². The van der Waals surface area contributed by atoms with Gasteiger partial charge in [-0.1, -0.05) is 89.0 Å². The molecule has 37 heavy (non-hydrogen) atoms. The number of Topliss-reactive ketones (excluding diaryl/α,β-unsaturated/α-hetero) is 1. The minimum Gasteiger partial charge on any atom is -0.465 e. The van der Waals surface area contributed by atoms with Gasteiger partial charge in [0.25, 0.3) is 0 Å². The Morgan fingerprint density at radius 3 is 2.11 bits per heavy atom. The average Bonchev–Trinajstić information content (AvgIpc) is 3.61. The van der Waals surface area contributed by atoms with E-state index in [1.807, 2.05) is 6.08 Å². The molecule has 208 valence electrons. The summed E-state index contributed by atoms with van der Waals surface area (Å²) in [7, 11) is 0. The smallest absolute Gasteiger partial charge is 0.305 e. The number of hydrogen-bond acceptors (Lipinski definition) is 4. The van der Waals surface area contributed by atoms with Crippen LogP contribution in [0.15, 0.2) is 34.9 Å². The monoisotopic (exact) mass is 512 g/mol. The molecule has 0 aromatic carbocycles. The molecule has 3 aliphatic carbocycles. The molecule has 0 unspecified atom stereocenters. The lowest BCUT2D eigenvalue weighted by Crippen LogP contribution is -2.49. The number of hydrogen-bond donors (Lipinski definition) is 1. The topological polar surface area (TPSA) is 63.6 Å². The number of allylic oxidation sites excluding steroid dienone is 3. The van der Waals surface area contributed by atoms with Crippen LogP contribution in [0.2, 0.25) is 0 Å². The van der Waals surface area contributed by atoms with E-state index >= 15 is 0 Å². The second-order valence-corrected chi connectivity index (χ2v) is 12.5. The van der Waals surface area contributed by atoms with E-state index in [9.17, 15) is 14.7 Å². The second kappa shape index (κ2) is 13.4. The number of ether oxygens (including phenoxy) is 1. The van der Waals surface area contributed by atoms with Gasteiger partial charge in [-0.25, -0.2) is 0 Å². The quantitative estimate of drug-likeness (QED) is 0.121. The highest BCUT2D eigenvalue weighted by molar-refractivity contribution is 6.08. The van der Waals surface area contributed by atoms with E-state index in [4.69, 9.17) is 4.74 Å². The Hall–Kier alpha value is -1.68. The van der Waals surface area contributed by atoms with Gasteiger partial charge in [-0.15, -0.1) is 0 Å². The van der Waals surface area contributed by atoms with Gasteiger partial charge < -0.3 is 9.84 Å². The van der Waals surface area contributed by atoms with Gasteiger partial charge in [-0.3, -0.25) is 9.59 Å². The van der Waals surface area contributed by atoms with Crippen molar-refractivity contribution >= 4 is 11.8 Å². The summed E-state index contributed by atoms with van der Waals surface area (Å²) in [6, 6.07) is 0. The molecule has 0 heterocycles. The predicted octanol–water partition coefficient (Wildman–Crippen LogP) is 8.33. The van der Waals surface area contributed by atoms with Crippen LogP contribution in [0.5, 0.6) is 0 Å². The zero-order valence-corrected chi connectivity index (χ0v) is 24.1. The predicted molar refractivity (Wildman–Crippen MR) is 151 cm³/mol. The first-order chi connectivity index (χ1) is 17.7. The van der Waals surface area contributed by atoms with Crippen LogP contribution in [0.3, 0.4) is 0 Å². The highest BCUT2D eigenvalue weighted by Crippen LogP contribution is 2.65. The highest BCUT2D eigenvalue weighted by atomic mass is 16.5. The van der Waals surface area contributed by atoms with Crippen LogP contribution in [-0.4, -0.2) is 29.1 Å². The number of fused-ring (bicyclic) bond motifs is 1. The summed E-state index contributed by atoms with van der Waals surface area (Å²) in [5.41, 5.74) is 0.809. The fourth-order valence-electron chi connectivity index (χ4n) is 6.39. The maximum atomic E-state index is 13.1. The standard InChI is InChI=1S/C33H52O4/c1-5-6-7-8-9-10-11-12-13-14-15-16-17-18-19-20-29(34)37-25-31(3)23-27-26(2)33(21-22-33)32(4,36)30(35)28(27)24-31/h12-13,24,36H,5-11,14-23,25H2,1-4H3/b13-12+/t31-,32-/m0/s1. The molecule has 0 aliphatic heterocycles. The number of carbonyl (C=O) groups is 2. The number of esters is 1. The molecule has 0 amide bonds. The molecule has 0 bridgehead atoms. The first-order valence-corrected chi connectivity index (χ1v) is 15.2. The Morgan fingerprint density at radius 1 is 0.946 bits per heavy atom. The molecule has 1 spiro atoms. The lowest BCUT2D eigenvalue weighted by molar-refractivity contribution is -0.146. The molecule has 3 rings (SSSR count).